The maximum atomic E-state index is 6.20. The summed E-state index contributed by atoms with van der Waals surface area (Å²) in [6.07, 6.45) is 1.80. The van der Waals surface area contributed by atoms with Crippen LogP contribution in [0.15, 0.2) is 66.9 Å². The average molecular weight is 373 g/mol. The Bertz CT molecular complexity index is 825. The predicted molar refractivity (Wildman–Crippen MR) is 102 cm³/mol. The molecule has 0 unspecified atom stereocenters. The van der Waals surface area contributed by atoms with Crippen molar-refractivity contribution in [2.45, 2.75) is 19.7 Å². The van der Waals surface area contributed by atoms with Crippen LogP contribution >= 0.6 is 23.2 Å². The molecule has 0 aliphatic rings. The molecule has 3 aromatic rings. The molecule has 0 spiro atoms. The Kier molecular flexibility index (Phi) is 6.29. The summed E-state index contributed by atoms with van der Waals surface area (Å²) < 4.78 is 5.96. The summed E-state index contributed by atoms with van der Waals surface area (Å²) in [5.41, 5.74) is 3.00. The molecular weight excluding hydrogens is 355 g/mol. The predicted octanol–water partition coefficient (Wildman–Crippen LogP) is 5.26. The minimum absolute atomic E-state index is 0.396. The molecule has 0 saturated heterocycles. The molecule has 0 saturated carbocycles. The van der Waals surface area contributed by atoms with E-state index in [0.29, 0.717) is 29.7 Å². The Labute approximate surface area is 157 Å². The van der Waals surface area contributed by atoms with Crippen LogP contribution in [0.2, 0.25) is 10.0 Å². The largest absolute Gasteiger partial charge is 0.489 e. The first-order valence-corrected chi connectivity index (χ1v) is 8.73. The van der Waals surface area contributed by atoms with Crippen LogP contribution in [0.5, 0.6) is 5.75 Å². The summed E-state index contributed by atoms with van der Waals surface area (Å²) in [6, 6.07) is 19.3. The molecule has 3 nitrogen and oxygen atoms in total. The van der Waals surface area contributed by atoms with Crippen molar-refractivity contribution in [1.29, 1.82) is 0 Å². The summed E-state index contributed by atoms with van der Waals surface area (Å²) in [5, 5.41) is 4.62. The Balaban J connectivity index is 1.60. The van der Waals surface area contributed by atoms with Crippen LogP contribution < -0.4 is 10.1 Å². The van der Waals surface area contributed by atoms with Crippen LogP contribution in [0.3, 0.4) is 0 Å². The van der Waals surface area contributed by atoms with E-state index in [1.165, 1.54) is 0 Å². The van der Waals surface area contributed by atoms with Crippen LogP contribution in [0, 0.1) is 0 Å². The first-order chi connectivity index (χ1) is 12.2. The van der Waals surface area contributed by atoms with E-state index in [9.17, 15) is 0 Å². The fourth-order valence-electron chi connectivity index (χ4n) is 2.41. The quantitative estimate of drug-likeness (QED) is 0.614. The Morgan fingerprint density at radius 1 is 0.880 bits per heavy atom. The summed E-state index contributed by atoms with van der Waals surface area (Å²) >= 11 is 12.1. The van der Waals surface area contributed by atoms with Gasteiger partial charge >= 0.3 is 0 Å². The highest BCUT2D eigenvalue weighted by molar-refractivity contribution is 6.35. The Morgan fingerprint density at radius 3 is 2.52 bits per heavy atom. The van der Waals surface area contributed by atoms with E-state index in [2.05, 4.69) is 10.3 Å². The smallest absolute Gasteiger partial charge is 0.124 e. The van der Waals surface area contributed by atoms with E-state index in [-0.39, 0.29) is 0 Å². The van der Waals surface area contributed by atoms with Gasteiger partial charge in [0.15, 0.2) is 0 Å². The van der Waals surface area contributed by atoms with Crippen molar-refractivity contribution in [2.75, 3.05) is 0 Å². The number of rotatable bonds is 7. The average Bonchev–Trinajstić information content (AvgIpc) is 2.63. The maximum absolute atomic E-state index is 6.20. The molecule has 2 aromatic carbocycles. The van der Waals surface area contributed by atoms with Gasteiger partial charge in [0, 0.05) is 40.5 Å². The molecule has 0 fully saturated rings. The molecule has 0 amide bonds. The SMILES string of the molecule is Clc1ccc(COc2ccccc2CNCc2ccccn2)c(Cl)c1. The van der Waals surface area contributed by atoms with Crippen LogP contribution in [0.4, 0.5) is 0 Å². The number of benzene rings is 2. The minimum atomic E-state index is 0.396. The molecule has 1 aromatic heterocycles. The van der Waals surface area contributed by atoms with Gasteiger partial charge in [0.05, 0.1) is 5.69 Å². The third kappa shape index (κ3) is 5.20. The highest BCUT2D eigenvalue weighted by Gasteiger charge is 2.06. The van der Waals surface area contributed by atoms with E-state index < -0.39 is 0 Å². The van der Waals surface area contributed by atoms with E-state index in [4.69, 9.17) is 27.9 Å². The second kappa shape index (κ2) is 8.86. The number of para-hydroxylation sites is 1. The van der Waals surface area contributed by atoms with Gasteiger partial charge in [0.25, 0.3) is 0 Å². The van der Waals surface area contributed by atoms with Gasteiger partial charge in [0.1, 0.15) is 12.4 Å². The molecule has 128 valence electrons. The zero-order valence-corrected chi connectivity index (χ0v) is 15.1. The van der Waals surface area contributed by atoms with Gasteiger partial charge in [-0.3, -0.25) is 4.98 Å². The van der Waals surface area contributed by atoms with Gasteiger partial charge in [-0.2, -0.15) is 0 Å². The van der Waals surface area contributed by atoms with Crippen molar-refractivity contribution in [3.05, 3.63) is 93.7 Å². The Hall–Kier alpha value is -2.07. The molecule has 0 bridgehead atoms. The molecular formula is C20H18Cl2N2O. The number of ether oxygens (including phenoxy) is 1. The zero-order valence-electron chi connectivity index (χ0n) is 13.6. The fraction of sp³-hybridized carbons (Fsp3) is 0.150. The first kappa shape index (κ1) is 17.7. The van der Waals surface area contributed by atoms with Crippen molar-refractivity contribution >= 4 is 23.2 Å². The molecule has 5 heteroatoms. The maximum Gasteiger partial charge on any atom is 0.124 e. The van der Waals surface area contributed by atoms with Crippen LogP contribution in [-0.2, 0) is 19.7 Å². The molecule has 0 radical (unpaired) electrons. The number of hydrogen-bond donors (Lipinski definition) is 1. The second-order valence-corrected chi connectivity index (χ2v) is 6.40. The van der Waals surface area contributed by atoms with E-state index >= 15 is 0 Å². The van der Waals surface area contributed by atoms with Gasteiger partial charge in [-0.25, -0.2) is 0 Å². The monoisotopic (exact) mass is 372 g/mol. The minimum Gasteiger partial charge on any atom is -0.489 e. The highest BCUT2D eigenvalue weighted by Crippen LogP contribution is 2.24. The van der Waals surface area contributed by atoms with E-state index in [1.807, 2.05) is 54.6 Å². The normalized spacial score (nSPS) is 10.6. The van der Waals surface area contributed by atoms with Crippen molar-refractivity contribution in [3.8, 4) is 5.75 Å². The second-order valence-electron chi connectivity index (χ2n) is 5.56. The summed E-state index contributed by atoms with van der Waals surface area (Å²) in [4.78, 5) is 4.31. The number of hydrogen-bond acceptors (Lipinski definition) is 3. The summed E-state index contributed by atoms with van der Waals surface area (Å²) in [6.45, 7) is 1.80. The van der Waals surface area contributed by atoms with Gasteiger partial charge in [-0.1, -0.05) is 53.5 Å². The van der Waals surface area contributed by atoms with E-state index in [1.54, 1.807) is 12.3 Å². The third-order valence-electron chi connectivity index (χ3n) is 3.72. The molecule has 0 aliphatic carbocycles. The molecule has 1 N–H and O–H groups in total. The topological polar surface area (TPSA) is 34.1 Å². The summed E-state index contributed by atoms with van der Waals surface area (Å²) in [7, 11) is 0. The molecule has 0 atom stereocenters. The molecule has 1 heterocycles. The number of nitrogens with zero attached hydrogens (tertiary/aromatic N) is 1. The number of pyridine rings is 1. The number of nitrogens with one attached hydrogen (secondary N) is 1. The van der Waals surface area contributed by atoms with Crippen molar-refractivity contribution in [1.82, 2.24) is 10.3 Å². The van der Waals surface area contributed by atoms with Crippen molar-refractivity contribution in [2.24, 2.45) is 0 Å². The standard InChI is InChI=1S/C20H18Cl2N2O/c21-17-9-8-16(19(22)11-17)14-25-20-7-2-1-5-15(20)12-23-13-18-6-3-4-10-24-18/h1-11,23H,12-14H2. The third-order valence-corrected chi connectivity index (χ3v) is 4.31. The van der Waals surface area contributed by atoms with Gasteiger partial charge in [-0.05, 0) is 30.3 Å². The van der Waals surface area contributed by atoms with Crippen molar-refractivity contribution < 1.29 is 4.74 Å². The summed E-state index contributed by atoms with van der Waals surface area (Å²) in [5.74, 6) is 0.835. The first-order valence-electron chi connectivity index (χ1n) is 7.97. The molecule has 25 heavy (non-hydrogen) atoms. The number of halogens is 2. The van der Waals surface area contributed by atoms with Gasteiger partial charge < -0.3 is 10.1 Å². The Morgan fingerprint density at radius 2 is 1.72 bits per heavy atom. The van der Waals surface area contributed by atoms with Crippen LogP contribution in [0.1, 0.15) is 16.8 Å². The lowest BCUT2D eigenvalue weighted by Crippen LogP contribution is -2.14. The van der Waals surface area contributed by atoms with Crippen LogP contribution in [0.25, 0.3) is 0 Å². The number of aromatic nitrogens is 1. The lowest BCUT2D eigenvalue weighted by molar-refractivity contribution is 0.302. The van der Waals surface area contributed by atoms with Gasteiger partial charge in [-0.15, -0.1) is 0 Å². The lowest BCUT2D eigenvalue weighted by atomic mass is 10.2. The van der Waals surface area contributed by atoms with Crippen LogP contribution in [-0.4, -0.2) is 4.98 Å². The molecule has 3 rings (SSSR count). The zero-order chi connectivity index (χ0) is 17.5. The highest BCUT2D eigenvalue weighted by atomic mass is 35.5. The van der Waals surface area contributed by atoms with E-state index in [0.717, 1.165) is 22.6 Å². The fourth-order valence-corrected chi connectivity index (χ4v) is 2.88. The lowest BCUT2D eigenvalue weighted by Gasteiger charge is -2.13. The van der Waals surface area contributed by atoms with Gasteiger partial charge in [0.2, 0.25) is 0 Å². The van der Waals surface area contributed by atoms with Crippen molar-refractivity contribution in [3.63, 3.8) is 0 Å². The molecule has 0 aliphatic heterocycles.